The predicted molar refractivity (Wildman–Crippen MR) is 141 cm³/mol. The van der Waals surface area contributed by atoms with Crippen molar-refractivity contribution in [2.45, 2.75) is 51.8 Å². The monoisotopic (exact) mass is 555 g/mol. The van der Waals surface area contributed by atoms with Gasteiger partial charge in [0.15, 0.2) is 5.65 Å². The first-order chi connectivity index (χ1) is 17.2. The molecule has 0 atom stereocenters. The maximum atomic E-state index is 12.5. The summed E-state index contributed by atoms with van der Waals surface area (Å²) in [6.45, 7) is 7.54. The van der Waals surface area contributed by atoms with Crippen molar-refractivity contribution in [1.82, 2.24) is 34.4 Å². The molecule has 0 bridgehead atoms. The van der Waals surface area contributed by atoms with Crippen molar-refractivity contribution in [3.63, 3.8) is 0 Å². The molecule has 2 N–H and O–H groups in total. The number of halogens is 1. The van der Waals surface area contributed by atoms with E-state index in [1.165, 1.54) is 0 Å². The quantitative estimate of drug-likeness (QED) is 0.376. The number of nitrogens with one attached hydrogen (secondary N) is 2. The lowest BCUT2D eigenvalue weighted by Gasteiger charge is -2.37. The molecule has 4 aromatic rings. The van der Waals surface area contributed by atoms with Crippen LogP contribution in [0.15, 0.2) is 34.9 Å². The molecule has 0 aliphatic carbocycles. The van der Waals surface area contributed by atoms with Crippen molar-refractivity contribution in [2.75, 3.05) is 30.4 Å². The summed E-state index contributed by atoms with van der Waals surface area (Å²) in [4.78, 5) is 33.9. The highest BCUT2D eigenvalue weighted by Gasteiger charge is 2.30. The van der Waals surface area contributed by atoms with Gasteiger partial charge in [-0.05, 0) is 61.7 Å². The molecular formula is C24H30BrN9O2. The third-order valence-electron chi connectivity index (χ3n) is 6.14. The van der Waals surface area contributed by atoms with Gasteiger partial charge in [0, 0.05) is 26.2 Å². The number of carbonyl (C=O) groups excluding carboxylic acids is 1. The molecule has 1 amide bonds. The minimum absolute atomic E-state index is 0.104. The fourth-order valence-electron chi connectivity index (χ4n) is 4.28. The zero-order valence-electron chi connectivity index (χ0n) is 20.8. The summed E-state index contributed by atoms with van der Waals surface area (Å²) in [5, 5.41) is 7.78. The van der Waals surface area contributed by atoms with Gasteiger partial charge in [0.05, 0.1) is 28.2 Å². The number of benzene rings is 1. The second-order valence-electron chi connectivity index (χ2n) is 9.94. The molecule has 1 saturated heterocycles. The van der Waals surface area contributed by atoms with E-state index in [2.05, 4.69) is 41.2 Å². The van der Waals surface area contributed by atoms with E-state index in [1.807, 2.05) is 45.0 Å². The van der Waals surface area contributed by atoms with Gasteiger partial charge < -0.3 is 24.8 Å². The Labute approximate surface area is 217 Å². The Kier molecular flexibility index (Phi) is 6.45. The van der Waals surface area contributed by atoms with Gasteiger partial charge in [0.1, 0.15) is 11.4 Å². The van der Waals surface area contributed by atoms with Crippen LogP contribution in [-0.2, 0) is 11.3 Å². The number of nitrogens with zero attached hydrogens (tertiary/aromatic N) is 7. The Bertz CT molecular complexity index is 1350. The summed E-state index contributed by atoms with van der Waals surface area (Å²) in [7, 11) is 1.81. The minimum atomic E-state index is -0.514. The largest absolute Gasteiger partial charge is 0.444 e. The number of aromatic nitrogens is 6. The molecule has 190 valence electrons. The molecule has 5 rings (SSSR count). The van der Waals surface area contributed by atoms with Gasteiger partial charge in [-0.2, -0.15) is 19.6 Å². The fraction of sp³-hybridized carbons (Fsp3) is 0.458. The summed E-state index contributed by atoms with van der Waals surface area (Å²) in [6.07, 6.45) is 3.01. The average molecular weight is 556 g/mol. The van der Waals surface area contributed by atoms with Crippen LogP contribution in [0, 0.1) is 0 Å². The van der Waals surface area contributed by atoms with E-state index in [-0.39, 0.29) is 12.1 Å². The third-order valence-corrected chi connectivity index (χ3v) is 6.70. The van der Waals surface area contributed by atoms with Gasteiger partial charge in [-0.25, -0.2) is 9.78 Å². The van der Waals surface area contributed by atoms with Gasteiger partial charge in [-0.15, -0.1) is 0 Å². The first kappa shape index (κ1) is 24.3. The third kappa shape index (κ3) is 5.08. The highest BCUT2D eigenvalue weighted by Crippen LogP contribution is 2.25. The molecule has 1 aliphatic heterocycles. The first-order valence-corrected chi connectivity index (χ1v) is 12.8. The van der Waals surface area contributed by atoms with Crippen molar-refractivity contribution in [3.05, 3.63) is 40.8 Å². The van der Waals surface area contributed by atoms with E-state index in [4.69, 9.17) is 14.7 Å². The Hall–Kier alpha value is -3.41. The second-order valence-corrected chi connectivity index (χ2v) is 10.8. The van der Waals surface area contributed by atoms with Gasteiger partial charge in [0.25, 0.3) is 0 Å². The molecule has 0 radical (unpaired) electrons. The maximum absolute atomic E-state index is 12.5. The second kappa shape index (κ2) is 9.57. The molecule has 0 saturated carbocycles. The number of piperidine rings is 1. The molecule has 1 aromatic carbocycles. The van der Waals surface area contributed by atoms with E-state index in [0.29, 0.717) is 24.1 Å². The van der Waals surface area contributed by atoms with Crippen molar-refractivity contribution >= 4 is 50.6 Å². The van der Waals surface area contributed by atoms with Crippen molar-refractivity contribution < 1.29 is 9.53 Å². The van der Waals surface area contributed by atoms with Crippen LogP contribution in [0.4, 0.5) is 16.7 Å². The molecule has 0 unspecified atom stereocenters. The van der Waals surface area contributed by atoms with Crippen LogP contribution in [0.2, 0.25) is 0 Å². The topological polar surface area (TPSA) is 117 Å². The molecule has 0 spiro atoms. The van der Waals surface area contributed by atoms with E-state index in [0.717, 1.165) is 47.3 Å². The van der Waals surface area contributed by atoms with Crippen LogP contribution in [0.25, 0.3) is 16.7 Å². The van der Waals surface area contributed by atoms with Gasteiger partial charge in [-0.3, -0.25) is 0 Å². The number of fused-ring (bicyclic) bond motifs is 2. The molecular weight excluding hydrogens is 526 g/mol. The number of para-hydroxylation sites is 2. The number of ether oxygens (including phenoxy) is 1. The lowest BCUT2D eigenvalue weighted by Crippen LogP contribution is -2.47. The Morgan fingerprint density at radius 1 is 1.22 bits per heavy atom. The smallest absolute Gasteiger partial charge is 0.410 e. The molecule has 3 aromatic heterocycles. The van der Waals surface area contributed by atoms with Crippen molar-refractivity contribution in [3.8, 4) is 0 Å². The van der Waals surface area contributed by atoms with Crippen LogP contribution in [-0.4, -0.2) is 72.3 Å². The highest BCUT2D eigenvalue weighted by atomic mass is 79.9. The molecule has 1 aliphatic rings. The SMILES string of the molecule is CN(C(=O)OC(C)(C)C)C1CCN(c2nc(NCc3nc4ccccc4[nH]3)n3ncc(Br)c3n2)CC1. The number of hydrogen-bond donors (Lipinski definition) is 2. The van der Waals surface area contributed by atoms with E-state index >= 15 is 0 Å². The Morgan fingerprint density at radius 2 is 1.97 bits per heavy atom. The first-order valence-electron chi connectivity index (χ1n) is 12.0. The fourth-order valence-corrected chi connectivity index (χ4v) is 4.63. The standard InChI is InChI=1S/C24H30BrN9O2/c1-24(2,3)36-23(35)32(4)15-9-11-33(12-10-15)22-30-20-16(25)13-27-34(20)21(31-22)26-14-19-28-17-7-5-6-8-18(17)29-19/h5-8,13,15H,9-12,14H2,1-4H3,(H,28,29)(H,26,30,31). The number of amides is 1. The van der Waals surface area contributed by atoms with Gasteiger partial charge in [0.2, 0.25) is 11.9 Å². The maximum Gasteiger partial charge on any atom is 0.410 e. The van der Waals surface area contributed by atoms with Crippen molar-refractivity contribution in [2.24, 2.45) is 0 Å². The zero-order valence-corrected chi connectivity index (χ0v) is 22.4. The van der Waals surface area contributed by atoms with Crippen LogP contribution < -0.4 is 10.2 Å². The summed E-state index contributed by atoms with van der Waals surface area (Å²) in [5.41, 5.74) is 2.08. The highest BCUT2D eigenvalue weighted by molar-refractivity contribution is 9.10. The van der Waals surface area contributed by atoms with Crippen LogP contribution in [0.1, 0.15) is 39.4 Å². The lowest BCUT2D eigenvalue weighted by atomic mass is 10.0. The van der Waals surface area contributed by atoms with E-state index in [1.54, 1.807) is 22.7 Å². The zero-order chi connectivity index (χ0) is 25.4. The van der Waals surface area contributed by atoms with Crippen LogP contribution >= 0.6 is 15.9 Å². The molecule has 36 heavy (non-hydrogen) atoms. The number of hydrogen-bond acceptors (Lipinski definition) is 8. The van der Waals surface area contributed by atoms with Crippen LogP contribution in [0.3, 0.4) is 0 Å². The molecule has 11 nitrogen and oxygen atoms in total. The summed E-state index contributed by atoms with van der Waals surface area (Å²) in [5.74, 6) is 2.00. The number of H-pyrrole nitrogens is 1. The normalized spacial score (nSPS) is 15.0. The van der Waals surface area contributed by atoms with Gasteiger partial charge >= 0.3 is 6.09 Å². The predicted octanol–water partition coefficient (Wildman–Crippen LogP) is 4.21. The molecule has 4 heterocycles. The minimum Gasteiger partial charge on any atom is -0.444 e. The molecule has 1 fully saturated rings. The summed E-state index contributed by atoms with van der Waals surface area (Å²) in [6, 6.07) is 8.03. The van der Waals surface area contributed by atoms with E-state index < -0.39 is 5.60 Å². The van der Waals surface area contributed by atoms with Gasteiger partial charge in [-0.1, -0.05) is 12.1 Å². The number of aromatic amines is 1. The number of anilines is 2. The van der Waals surface area contributed by atoms with Crippen molar-refractivity contribution in [1.29, 1.82) is 0 Å². The number of carbonyl (C=O) groups is 1. The average Bonchev–Trinajstić information content (AvgIpc) is 3.44. The Morgan fingerprint density at radius 3 is 2.69 bits per heavy atom. The van der Waals surface area contributed by atoms with E-state index in [9.17, 15) is 4.79 Å². The Balaban J connectivity index is 1.31. The lowest BCUT2D eigenvalue weighted by molar-refractivity contribution is 0.0200. The number of imidazole rings is 1. The van der Waals surface area contributed by atoms with Crippen LogP contribution in [0.5, 0.6) is 0 Å². The number of rotatable bonds is 5. The summed E-state index contributed by atoms with van der Waals surface area (Å²) >= 11 is 3.55. The molecule has 12 heteroatoms. The summed E-state index contributed by atoms with van der Waals surface area (Å²) < 4.78 is 8.00.